The third-order valence-electron chi connectivity index (χ3n) is 7.85. The van der Waals surface area contributed by atoms with Gasteiger partial charge in [-0.05, 0) is 77.5 Å². The number of benzene rings is 2. The zero-order valence-corrected chi connectivity index (χ0v) is 22.3. The number of rotatable bonds is 3. The lowest BCUT2D eigenvalue weighted by molar-refractivity contribution is 0.438. The molecule has 2 aliphatic rings. The van der Waals surface area contributed by atoms with Crippen LogP contribution in [0, 0.1) is 17.8 Å². The largest absolute Gasteiger partial charge is 0.507 e. The van der Waals surface area contributed by atoms with Crippen LogP contribution in [0.15, 0.2) is 72.3 Å². The summed E-state index contributed by atoms with van der Waals surface area (Å²) in [6, 6.07) is 15.5. The van der Waals surface area contributed by atoms with Crippen molar-refractivity contribution in [2.24, 2.45) is 17.8 Å². The highest BCUT2D eigenvalue weighted by Crippen LogP contribution is 2.57. The lowest BCUT2D eigenvalue weighted by Crippen LogP contribution is -2.21. The highest BCUT2D eigenvalue weighted by molar-refractivity contribution is 5.78. The average Bonchev–Trinajstić information content (AvgIpc) is 3.13. The molecule has 34 heavy (non-hydrogen) atoms. The van der Waals surface area contributed by atoms with Crippen LogP contribution < -0.4 is 0 Å². The molecule has 1 saturated carbocycles. The average molecular weight is 455 g/mol. The van der Waals surface area contributed by atoms with Crippen LogP contribution in [-0.4, -0.2) is 5.11 Å². The van der Waals surface area contributed by atoms with Crippen LogP contribution >= 0.6 is 0 Å². The summed E-state index contributed by atoms with van der Waals surface area (Å²) in [4.78, 5) is 0. The van der Waals surface area contributed by atoms with Crippen molar-refractivity contribution >= 4 is 5.57 Å². The van der Waals surface area contributed by atoms with Gasteiger partial charge in [-0.2, -0.15) is 0 Å². The molecule has 1 fully saturated rings. The predicted octanol–water partition coefficient (Wildman–Crippen LogP) is 8.94. The molecule has 0 amide bonds. The summed E-state index contributed by atoms with van der Waals surface area (Å²) in [5.41, 5.74) is 7.26. The van der Waals surface area contributed by atoms with Crippen molar-refractivity contribution in [2.45, 2.75) is 78.6 Å². The molecule has 0 heterocycles. The third-order valence-corrected chi connectivity index (χ3v) is 7.85. The molecule has 0 aliphatic heterocycles. The van der Waals surface area contributed by atoms with Crippen LogP contribution in [0.2, 0.25) is 0 Å². The summed E-state index contributed by atoms with van der Waals surface area (Å²) in [6.07, 6.45) is 10.4. The summed E-state index contributed by atoms with van der Waals surface area (Å²) in [5.74, 6) is 2.18. The highest BCUT2D eigenvalue weighted by atomic mass is 16.3. The van der Waals surface area contributed by atoms with E-state index in [9.17, 15) is 5.11 Å². The van der Waals surface area contributed by atoms with Gasteiger partial charge >= 0.3 is 0 Å². The monoisotopic (exact) mass is 454 g/mol. The Morgan fingerprint density at radius 3 is 2.09 bits per heavy atom. The third kappa shape index (κ3) is 4.54. The molecule has 0 spiro atoms. The van der Waals surface area contributed by atoms with Crippen LogP contribution in [0.4, 0.5) is 0 Å². The van der Waals surface area contributed by atoms with Crippen molar-refractivity contribution in [1.82, 2.24) is 0 Å². The maximum atomic E-state index is 11.8. The maximum Gasteiger partial charge on any atom is 0.126 e. The zero-order valence-electron chi connectivity index (χ0n) is 22.3. The topological polar surface area (TPSA) is 20.2 Å². The summed E-state index contributed by atoms with van der Waals surface area (Å²) >= 11 is 0. The van der Waals surface area contributed by atoms with E-state index in [1.807, 2.05) is 0 Å². The second-order valence-electron chi connectivity index (χ2n) is 12.6. The van der Waals surface area contributed by atoms with Gasteiger partial charge in [-0.25, -0.2) is 0 Å². The molecule has 0 radical (unpaired) electrons. The van der Waals surface area contributed by atoms with E-state index in [4.69, 9.17) is 0 Å². The molecule has 2 aliphatic carbocycles. The van der Waals surface area contributed by atoms with E-state index in [1.54, 1.807) is 0 Å². The molecule has 4 atom stereocenters. The fraction of sp³-hybridized carbons (Fsp3) is 0.455. The quantitative estimate of drug-likeness (QED) is 0.491. The number of allylic oxidation sites excluding steroid dienone is 6. The van der Waals surface area contributed by atoms with Gasteiger partial charge in [0.25, 0.3) is 0 Å². The standard InChI is InChI=1S/C33H42O/c1-21(2)29(27-19-24(32(3,4)5)20-28(31(27)34)33(6,7)8)30-25-17-13-12-16-23(25)18-26(30)22-14-10-9-11-15-22/h9-17,19-20,23,25-26,30,34H,18H2,1-8H3. The summed E-state index contributed by atoms with van der Waals surface area (Å²) in [5, 5.41) is 11.8. The van der Waals surface area contributed by atoms with Crippen molar-refractivity contribution in [1.29, 1.82) is 0 Å². The minimum Gasteiger partial charge on any atom is -0.507 e. The van der Waals surface area contributed by atoms with Crippen molar-refractivity contribution in [3.8, 4) is 5.75 Å². The lowest BCUT2D eigenvalue weighted by Gasteiger charge is -2.33. The first-order valence-corrected chi connectivity index (χ1v) is 12.8. The van der Waals surface area contributed by atoms with Crippen molar-refractivity contribution in [3.05, 3.63) is 94.6 Å². The Balaban J connectivity index is 1.97. The van der Waals surface area contributed by atoms with E-state index >= 15 is 0 Å². The molecule has 1 N–H and O–H groups in total. The zero-order chi connectivity index (χ0) is 24.8. The summed E-state index contributed by atoms with van der Waals surface area (Å²) < 4.78 is 0. The van der Waals surface area contributed by atoms with E-state index in [1.165, 1.54) is 22.3 Å². The molecule has 2 aromatic rings. The molecule has 180 valence electrons. The van der Waals surface area contributed by atoms with Gasteiger partial charge in [-0.3, -0.25) is 0 Å². The SMILES string of the molecule is CC(C)=C(c1cc(C(C)(C)C)cc(C(C)(C)C)c1O)C1C(c2ccccc2)CC2C=CC=CC21. The smallest absolute Gasteiger partial charge is 0.126 e. The molecular weight excluding hydrogens is 412 g/mol. The van der Waals surface area contributed by atoms with Gasteiger partial charge in [-0.15, -0.1) is 0 Å². The maximum absolute atomic E-state index is 11.8. The molecule has 2 aromatic carbocycles. The normalized spacial score (nSPS) is 24.2. The van der Waals surface area contributed by atoms with Gasteiger partial charge in [0.1, 0.15) is 5.75 Å². The molecule has 1 nitrogen and oxygen atoms in total. The first-order chi connectivity index (χ1) is 15.9. The minimum absolute atomic E-state index is 0.000270. The first-order valence-electron chi connectivity index (χ1n) is 12.8. The Morgan fingerprint density at radius 2 is 1.50 bits per heavy atom. The number of fused-ring (bicyclic) bond motifs is 1. The summed E-state index contributed by atoms with van der Waals surface area (Å²) in [6.45, 7) is 17.9. The molecule has 0 bridgehead atoms. The fourth-order valence-corrected chi connectivity index (χ4v) is 6.06. The van der Waals surface area contributed by atoms with Gasteiger partial charge in [0.2, 0.25) is 0 Å². The van der Waals surface area contributed by atoms with Gasteiger partial charge in [0.15, 0.2) is 0 Å². The summed E-state index contributed by atoms with van der Waals surface area (Å²) in [7, 11) is 0. The van der Waals surface area contributed by atoms with Crippen LogP contribution in [0.25, 0.3) is 5.57 Å². The van der Waals surface area contributed by atoms with Gasteiger partial charge in [-0.1, -0.05) is 108 Å². The van der Waals surface area contributed by atoms with Crippen molar-refractivity contribution in [2.75, 3.05) is 0 Å². The first kappa shape index (κ1) is 24.6. The number of hydrogen-bond donors (Lipinski definition) is 1. The minimum atomic E-state index is -0.141. The van der Waals surface area contributed by atoms with E-state index in [0.29, 0.717) is 29.4 Å². The predicted molar refractivity (Wildman–Crippen MR) is 146 cm³/mol. The van der Waals surface area contributed by atoms with Crippen LogP contribution in [-0.2, 0) is 10.8 Å². The Kier molecular flexibility index (Phi) is 6.44. The van der Waals surface area contributed by atoms with E-state index in [-0.39, 0.29) is 10.8 Å². The van der Waals surface area contributed by atoms with Crippen LogP contribution in [0.5, 0.6) is 5.75 Å². The lowest BCUT2D eigenvalue weighted by atomic mass is 9.71. The number of aromatic hydroxyl groups is 1. The molecule has 4 rings (SSSR count). The van der Waals surface area contributed by atoms with E-state index < -0.39 is 0 Å². The van der Waals surface area contributed by atoms with E-state index in [0.717, 1.165) is 17.5 Å². The van der Waals surface area contributed by atoms with Crippen molar-refractivity contribution < 1.29 is 5.11 Å². The van der Waals surface area contributed by atoms with Crippen LogP contribution in [0.3, 0.4) is 0 Å². The second kappa shape index (κ2) is 8.91. The second-order valence-corrected chi connectivity index (χ2v) is 12.6. The molecule has 1 heteroatoms. The molecule has 0 saturated heterocycles. The van der Waals surface area contributed by atoms with Gasteiger partial charge in [0.05, 0.1) is 0 Å². The Labute approximate surface area is 207 Å². The molecule has 0 aromatic heterocycles. The fourth-order valence-electron chi connectivity index (χ4n) is 6.06. The Bertz CT molecular complexity index is 1130. The van der Waals surface area contributed by atoms with Gasteiger partial charge < -0.3 is 5.11 Å². The van der Waals surface area contributed by atoms with Gasteiger partial charge in [0, 0.05) is 11.1 Å². The number of hydrogen-bond acceptors (Lipinski definition) is 1. The number of phenols is 1. The Morgan fingerprint density at radius 1 is 0.853 bits per heavy atom. The highest BCUT2D eigenvalue weighted by Gasteiger charge is 2.45. The van der Waals surface area contributed by atoms with Crippen molar-refractivity contribution in [3.63, 3.8) is 0 Å². The number of phenolic OH excluding ortho intramolecular Hbond substituents is 1. The Hall–Kier alpha value is -2.54. The van der Waals surface area contributed by atoms with E-state index in [2.05, 4.69) is 122 Å². The molecular formula is C33H42O. The molecule has 4 unspecified atom stereocenters. The van der Waals surface area contributed by atoms with Crippen LogP contribution in [0.1, 0.15) is 90.0 Å².